The number of carbonyl (C=O) groups excluding carboxylic acids is 1. The van der Waals surface area contributed by atoms with Gasteiger partial charge in [-0.3, -0.25) is 4.79 Å². The number of aryl methyl sites for hydroxylation is 1. The highest BCUT2D eigenvalue weighted by Crippen LogP contribution is 2.29. The van der Waals surface area contributed by atoms with Crippen molar-refractivity contribution in [3.05, 3.63) is 76.5 Å². The molecule has 9 heteroatoms. The molecule has 1 N–H and O–H groups in total. The Balaban J connectivity index is 1.76. The lowest BCUT2D eigenvalue weighted by Gasteiger charge is -2.14. The van der Waals surface area contributed by atoms with Gasteiger partial charge in [0.25, 0.3) is 0 Å². The summed E-state index contributed by atoms with van der Waals surface area (Å²) in [5.41, 5.74) is 1.62. The van der Waals surface area contributed by atoms with E-state index in [0.29, 0.717) is 22.5 Å². The summed E-state index contributed by atoms with van der Waals surface area (Å²) in [4.78, 5) is 16.4. The van der Waals surface area contributed by atoms with E-state index in [0.717, 1.165) is 12.3 Å². The molecule has 0 aliphatic heterocycles. The average Bonchev–Trinajstić information content (AvgIpc) is 2.95. The first-order valence-corrected chi connectivity index (χ1v) is 9.20. The van der Waals surface area contributed by atoms with Gasteiger partial charge >= 0.3 is 6.18 Å². The van der Waals surface area contributed by atoms with Gasteiger partial charge in [0.15, 0.2) is 5.82 Å². The summed E-state index contributed by atoms with van der Waals surface area (Å²) >= 11 is 0. The molecule has 5 nitrogen and oxygen atoms in total. The Kier molecular flexibility index (Phi) is 5.91. The lowest BCUT2D eigenvalue weighted by Crippen LogP contribution is -2.28. The zero-order valence-corrected chi connectivity index (χ0v) is 16.6. The van der Waals surface area contributed by atoms with Gasteiger partial charge in [0, 0.05) is 17.5 Å². The van der Waals surface area contributed by atoms with Crippen LogP contribution in [0.25, 0.3) is 5.82 Å². The van der Waals surface area contributed by atoms with Crippen molar-refractivity contribution < 1.29 is 22.4 Å². The minimum atomic E-state index is -4.47. The van der Waals surface area contributed by atoms with Gasteiger partial charge in [-0.15, -0.1) is 0 Å². The summed E-state index contributed by atoms with van der Waals surface area (Å²) in [6, 6.07) is 7.76. The Morgan fingerprint density at radius 2 is 1.93 bits per heavy atom. The fourth-order valence-corrected chi connectivity index (χ4v) is 3.15. The molecule has 1 aromatic carbocycles. The largest absolute Gasteiger partial charge is 0.417 e. The van der Waals surface area contributed by atoms with Crippen LogP contribution in [0.3, 0.4) is 0 Å². The van der Waals surface area contributed by atoms with E-state index in [-0.39, 0.29) is 30.0 Å². The topological polar surface area (TPSA) is 59.8 Å². The van der Waals surface area contributed by atoms with Crippen molar-refractivity contribution in [1.29, 1.82) is 0 Å². The number of nitrogens with one attached hydrogen (secondary N) is 1. The lowest BCUT2D eigenvalue weighted by atomic mass is 10.1. The molecular formula is C21H20F4N4O. The van der Waals surface area contributed by atoms with Gasteiger partial charge in [0.2, 0.25) is 5.91 Å². The van der Waals surface area contributed by atoms with Gasteiger partial charge in [0.1, 0.15) is 5.82 Å². The highest BCUT2D eigenvalue weighted by atomic mass is 19.4. The zero-order valence-electron chi connectivity index (χ0n) is 16.6. The number of halogens is 4. The zero-order chi connectivity index (χ0) is 22.1. The molecule has 0 fully saturated rings. The maximum atomic E-state index is 13.4. The quantitative estimate of drug-likeness (QED) is 0.620. The molecule has 0 unspecified atom stereocenters. The predicted molar refractivity (Wildman–Crippen MR) is 102 cm³/mol. The second kappa shape index (κ2) is 8.25. The number of amides is 1. The number of carbonyl (C=O) groups is 1. The molecule has 158 valence electrons. The molecule has 1 atom stereocenters. The predicted octanol–water partition coefficient (Wildman–Crippen LogP) is 4.46. The normalized spacial score (nSPS) is 12.6. The fraction of sp³-hybridized carbons (Fsp3) is 0.286. The van der Waals surface area contributed by atoms with Crippen molar-refractivity contribution in [3.8, 4) is 5.82 Å². The van der Waals surface area contributed by atoms with Gasteiger partial charge in [0.05, 0.1) is 23.7 Å². The molecule has 1 amide bonds. The number of pyridine rings is 1. The van der Waals surface area contributed by atoms with E-state index in [1.54, 1.807) is 32.9 Å². The maximum Gasteiger partial charge on any atom is 0.417 e. The van der Waals surface area contributed by atoms with E-state index in [9.17, 15) is 22.4 Å². The number of hydrogen-bond donors (Lipinski definition) is 1. The van der Waals surface area contributed by atoms with Crippen LogP contribution in [0.1, 0.15) is 41.0 Å². The molecule has 0 saturated heterocycles. The number of rotatable bonds is 5. The molecule has 0 aliphatic rings. The van der Waals surface area contributed by atoms with Gasteiger partial charge in [-0.05, 0) is 50.6 Å². The first-order valence-electron chi connectivity index (χ1n) is 9.20. The second-order valence-electron chi connectivity index (χ2n) is 6.98. The lowest BCUT2D eigenvalue weighted by molar-refractivity contribution is -0.137. The molecule has 3 aromatic rings. The third-order valence-electron chi connectivity index (χ3n) is 4.80. The van der Waals surface area contributed by atoms with E-state index >= 15 is 0 Å². The third-order valence-corrected chi connectivity index (χ3v) is 4.80. The summed E-state index contributed by atoms with van der Waals surface area (Å²) in [7, 11) is 0. The Hall–Kier alpha value is -3.23. The summed E-state index contributed by atoms with van der Waals surface area (Å²) in [5, 5.41) is 7.13. The molecule has 2 aromatic heterocycles. The van der Waals surface area contributed by atoms with Crippen molar-refractivity contribution >= 4 is 5.91 Å². The van der Waals surface area contributed by atoms with Crippen LogP contribution >= 0.6 is 0 Å². The molecule has 0 radical (unpaired) electrons. The SMILES string of the molecule is Cc1nn(-c2ccc(C(F)(F)F)cn2)c(C)c1CC(=O)N[C@H](C)c1cccc(F)c1. The molecular weight excluding hydrogens is 400 g/mol. The summed E-state index contributed by atoms with van der Waals surface area (Å²) in [5.74, 6) is -0.438. The van der Waals surface area contributed by atoms with Crippen molar-refractivity contribution in [2.75, 3.05) is 0 Å². The van der Waals surface area contributed by atoms with E-state index in [1.165, 1.54) is 22.9 Å². The van der Waals surface area contributed by atoms with Crippen LogP contribution in [0, 0.1) is 19.7 Å². The molecule has 0 bridgehead atoms. The maximum absolute atomic E-state index is 13.4. The number of benzene rings is 1. The highest BCUT2D eigenvalue weighted by molar-refractivity contribution is 5.79. The first-order chi connectivity index (χ1) is 14.1. The van der Waals surface area contributed by atoms with E-state index in [1.807, 2.05) is 0 Å². The second-order valence-corrected chi connectivity index (χ2v) is 6.98. The van der Waals surface area contributed by atoms with Crippen LogP contribution in [-0.2, 0) is 17.4 Å². The standard InChI is InChI=1S/C21H20F4N4O/c1-12(15-5-4-6-17(22)9-15)27-20(30)10-18-13(2)28-29(14(18)3)19-8-7-16(11-26-19)21(23,24)25/h4-9,11-12H,10H2,1-3H3,(H,27,30)/t12-/m1/s1. The fourth-order valence-electron chi connectivity index (χ4n) is 3.15. The highest BCUT2D eigenvalue weighted by Gasteiger charge is 2.31. The van der Waals surface area contributed by atoms with Crippen molar-refractivity contribution in [1.82, 2.24) is 20.1 Å². The molecule has 3 rings (SSSR count). The summed E-state index contributed by atoms with van der Waals surface area (Å²) < 4.78 is 53.0. The van der Waals surface area contributed by atoms with Crippen LogP contribution in [0.2, 0.25) is 0 Å². The van der Waals surface area contributed by atoms with Crippen molar-refractivity contribution in [2.24, 2.45) is 0 Å². The van der Waals surface area contributed by atoms with Gasteiger partial charge in [-0.25, -0.2) is 14.1 Å². The van der Waals surface area contributed by atoms with Crippen molar-refractivity contribution in [2.45, 2.75) is 39.4 Å². The number of alkyl halides is 3. The Morgan fingerprint density at radius 3 is 2.53 bits per heavy atom. The first kappa shape index (κ1) is 21.5. The minimum absolute atomic E-state index is 0.0258. The Morgan fingerprint density at radius 1 is 1.20 bits per heavy atom. The monoisotopic (exact) mass is 420 g/mol. The van der Waals surface area contributed by atoms with Gasteiger partial charge < -0.3 is 5.32 Å². The smallest absolute Gasteiger partial charge is 0.349 e. The number of hydrogen-bond acceptors (Lipinski definition) is 3. The Labute approximate surface area is 170 Å². The molecule has 30 heavy (non-hydrogen) atoms. The van der Waals surface area contributed by atoms with Gasteiger partial charge in [-0.2, -0.15) is 18.3 Å². The van der Waals surface area contributed by atoms with E-state index in [2.05, 4.69) is 15.4 Å². The van der Waals surface area contributed by atoms with E-state index < -0.39 is 11.7 Å². The molecule has 2 heterocycles. The molecule has 0 spiro atoms. The van der Waals surface area contributed by atoms with Crippen LogP contribution in [-0.4, -0.2) is 20.7 Å². The van der Waals surface area contributed by atoms with Crippen molar-refractivity contribution in [3.63, 3.8) is 0 Å². The minimum Gasteiger partial charge on any atom is -0.349 e. The van der Waals surface area contributed by atoms with Crippen LogP contribution in [0.5, 0.6) is 0 Å². The molecule has 0 aliphatic carbocycles. The van der Waals surface area contributed by atoms with E-state index in [4.69, 9.17) is 0 Å². The van der Waals surface area contributed by atoms with Crippen LogP contribution in [0.4, 0.5) is 17.6 Å². The summed E-state index contributed by atoms with van der Waals surface area (Å²) in [6.07, 6.45) is -3.70. The van der Waals surface area contributed by atoms with Crippen LogP contribution < -0.4 is 5.32 Å². The Bertz CT molecular complexity index is 1060. The summed E-state index contributed by atoms with van der Waals surface area (Å²) in [6.45, 7) is 5.19. The van der Waals surface area contributed by atoms with Gasteiger partial charge in [-0.1, -0.05) is 12.1 Å². The van der Waals surface area contributed by atoms with Crippen LogP contribution in [0.15, 0.2) is 42.6 Å². The average molecular weight is 420 g/mol. The number of aromatic nitrogens is 3. The third kappa shape index (κ3) is 4.67. The molecule has 0 saturated carbocycles. The number of nitrogens with zero attached hydrogens (tertiary/aromatic N) is 3.